The van der Waals surface area contributed by atoms with Crippen molar-refractivity contribution in [2.45, 2.75) is 24.4 Å². The topological polar surface area (TPSA) is 52.5 Å². The first kappa shape index (κ1) is 13.5. The van der Waals surface area contributed by atoms with Gasteiger partial charge in [0, 0.05) is 5.75 Å². The van der Waals surface area contributed by atoms with Gasteiger partial charge < -0.3 is 15.5 Å². The van der Waals surface area contributed by atoms with Crippen LogP contribution in [-0.2, 0) is 5.75 Å². The van der Waals surface area contributed by atoms with Crippen molar-refractivity contribution in [2.24, 2.45) is 0 Å². The van der Waals surface area contributed by atoms with Crippen LogP contribution in [0.4, 0.5) is 0 Å². The van der Waals surface area contributed by atoms with Crippen LogP contribution in [0.15, 0.2) is 24.3 Å². The highest BCUT2D eigenvalue weighted by molar-refractivity contribution is 7.79. The minimum atomic E-state index is -0.826. The van der Waals surface area contributed by atoms with E-state index in [4.69, 9.17) is 0 Å². The third-order valence-corrected chi connectivity index (χ3v) is 2.89. The van der Waals surface area contributed by atoms with Gasteiger partial charge in [0.2, 0.25) is 0 Å². The molecule has 0 aromatic heterocycles. The Bertz CT molecular complexity index is 320. The first-order chi connectivity index (χ1) is 7.69. The van der Waals surface area contributed by atoms with Gasteiger partial charge in [0.05, 0.1) is 6.10 Å². The fourth-order valence-corrected chi connectivity index (χ4v) is 1.74. The molecule has 1 rings (SSSR count). The maximum Gasteiger partial charge on any atom is 0.105 e. The molecule has 1 aromatic rings. The number of aliphatic hydroxyl groups excluding tert-OH is 2. The first-order valence-corrected chi connectivity index (χ1v) is 6.02. The molecule has 4 heteroatoms. The number of benzene rings is 1. The lowest BCUT2D eigenvalue weighted by molar-refractivity contribution is 0.0140. The van der Waals surface area contributed by atoms with Gasteiger partial charge in [-0.15, -0.1) is 0 Å². The number of thiol groups is 1. The highest BCUT2D eigenvalue weighted by atomic mass is 32.1. The summed E-state index contributed by atoms with van der Waals surface area (Å²) in [6.45, 7) is 0.685. The standard InChI is InChI=1S/C12H19NO2S/c1-13-6-5-11(14)12(15)10-4-2-3-9(7-10)8-16/h2-4,7,11-16H,5-6,8H2,1H3. The van der Waals surface area contributed by atoms with Gasteiger partial charge in [-0.2, -0.15) is 12.6 Å². The molecule has 0 aliphatic carbocycles. The van der Waals surface area contributed by atoms with Gasteiger partial charge in [0.25, 0.3) is 0 Å². The summed E-state index contributed by atoms with van der Waals surface area (Å²) < 4.78 is 0. The molecule has 16 heavy (non-hydrogen) atoms. The van der Waals surface area contributed by atoms with E-state index < -0.39 is 12.2 Å². The Morgan fingerprint density at radius 1 is 1.38 bits per heavy atom. The van der Waals surface area contributed by atoms with Crippen molar-refractivity contribution in [2.75, 3.05) is 13.6 Å². The second-order valence-electron chi connectivity index (χ2n) is 3.81. The van der Waals surface area contributed by atoms with E-state index in [1.54, 1.807) is 0 Å². The average Bonchev–Trinajstić information content (AvgIpc) is 2.35. The molecular weight excluding hydrogens is 222 g/mol. The molecule has 90 valence electrons. The zero-order chi connectivity index (χ0) is 12.0. The zero-order valence-electron chi connectivity index (χ0n) is 9.43. The molecule has 3 nitrogen and oxygen atoms in total. The Labute approximate surface area is 102 Å². The van der Waals surface area contributed by atoms with E-state index >= 15 is 0 Å². The fourth-order valence-electron chi connectivity index (χ4n) is 1.55. The third kappa shape index (κ3) is 3.79. The Morgan fingerprint density at radius 2 is 2.12 bits per heavy atom. The van der Waals surface area contributed by atoms with Gasteiger partial charge in [-0.3, -0.25) is 0 Å². The van der Waals surface area contributed by atoms with Crippen LogP contribution in [0.2, 0.25) is 0 Å². The molecule has 0 amide bonds. The summed E-state index contributed by atoms with van der Waals surface area (Å²) in [6.07, 6.45) is -1.03. The molecule has 2 atom stereocenters. The summed E-state index contributed by atoms with van der Waals surface area (Å²) in [4.78, 5) is 0. The molecule has 0 aliphatic rings. The predicted molar refractivity (Wildman–Crippen MR) is 68.6 cm³/mol. The lowest BCUT2D eigenvalue weighted by atomic mass is 10.0. The quantitative estimate of drug-likeness (QED) is 0.565. The van der Waals surface area contributed by atoms with E-state index in [-0.39, 0.29) is 0 Å². The maximum atomic E-state index is 9.93. The number of nitrogens with one attached hydrogen (secondary N) is 1. The van der Waals surface area contributed by atoms with Crippen LogP contribution in [-0.4, -0.2) is 29.9 Å². The number of hydrogen-bond acceptors (Lipinski definition) is 4. The van der Waals surface area contributed by atoms with Crippen LogP contribution in [0.5, 0.6) is 0 Å². The van der Waals surface area contributed by atoms with Gasteiger partial charge in [-0.05, 0) is 31.1 Å². The number of hydrogen-bond donors (Lipinski definition) is 4. The molecule has 1 aromatic carbocycles. The van der Waals surface area contributed by atoms with E-state index in [1.165, 1.54) is 0 Å². The SMILES string of the molecule is CNCCC(O)C(O)c1cccc(CS)c1. The minimum Gasteiger partial charge on any atom is -0.390 e. The Hall–Kier alpha value is -0.550. The predicted octanol–water partition coefficient (Wildman–Crippen LogP) is 1.12. The van der Waals surface area contributed by atoms with Crippen molar-refractivity contribution >= 4 is 12.6 Å². The van der Waals surface area contributed by atoms with Crippen molar-refractivity contribution in [3.63, 3.8) is 0 Å². The van der Waals surface area contributed by atoms with E-state index in [2.05, 4.69) is 17.9 Å². The summed E-state index contributed by atoms with van der Waals surface area (Å²) in [5.74, 6) is 0.632. The summed E-state index contributed by atoms with van der Waals surface area (Å²) in [7, 11) is 1.82. The van der Waals surface area contributed by atoms with Crippen molar-refractivity contribution in [1.29, 1.82) is 0 Å². The van der Waals surface area contributed by atoms with E-state index in [0.29, 0.717) is 18.7 Å². The highest BCUT2D eigenvalue weighted by Gasteiger charge is 2.17. The van der Waals surface area contributed by atoms with Crippen molar-refractivity contribution in [3.05, 3.63) is 35.4 Å². The molecule has 0 fully saturated rings. The molecule has 0 bridgehead atoms. The van der Waals surface area contributed by atoms with E-state index in [9.17, 15) is 10.2 Å². The molecule has 0 spiro atoms. The lowest BCUT2D eigenvalue weighted by Crippen LogP contribution is -2.23. The van der Waals surface area contributed by atoms with Crippen molar-refractivity contribution in [1.82, 2.24) is 5.32 Å². The van der Waals surface area contributed by atoms with Gasteiger partial charge >= 0.3 is 0 Å². The van der Waals surface area contributed by atoms with Crippen molar-refractivity contribution in [3.8, 4) is 0 Å². The average molecular weight is 241 g/mol. The fraction of sp³-hybridized carbons (Fsp3) is 0.500. The van der Waals surface area contributed by atoms with Crippen LogP contribution in [0.1, 0.15) is 23.7 Å². The van der Waals surface area contributed by atoms with Gasteiger partial charge in [-0.1, -0.05) is 24.3 Å². The second-order valence-corrected chi connectivity index (χ2v) is 4.12. The van der Waals surface area contributed by atoms with Crippen LogP contribution in [0.25, 0.3) is 0 Å². The lowest BCUT2D eigenvalue weighted by Gasteiger charge is -2.18. The zero-order valence-corrected chi connectivity index (χ0v) is 10.3. The molecule has 0 radical (unpaired) electrons. The van der Waals surface area contributed by atoms with Gasteiger partial charge in [-0.25, -0.2) is 0 Å². The maximum absolute atomic E-state index is 9.93. The van der Waals surface area contributed by atoms with E-state index in [0.717, 1.165) is 11.1 Å². The minimum absolute atomic E-state index is 0.531. The molecule has 0 saturated carbocycles. The van der Waals surface area contributed by atoms with Gasteiger partial charge in [0.15, 0.2) is 0 Å². The molecular formula is C12H19NO2S. The smallest absolute Gasteiger partial charge is 0.105 e. The number of aliphatic hydroxyl groups is 2. The van der Waals surface area contributed by atoms with Gasteiger partial charge in [0.1, 0.15) is 6.10 Å². The largest absolute Gasteiger partial charge is 0.390 e. The summed E-state index contributed by atoms with van der Waals surface area (Å²) in [6, 6.07) is 7.51. The molecule has 0 aliphatic heterocycles. The molecule has 0 heterocycles. The molecule has 0 saturated heterocycles. The van der Waals surface area contributed by atoms with Crippen molar-refractivity contribution < 1.29 is 10.2 Å². The molecule has 2 unspecified atom stereocenters. The summed E-state index contributed by atoms with van der Waals surface area (Å²) >= 11 is 4.18. The summed E-state index contributed by atoms with van der Waals surface area (Å²) in [5.41, 5.74) is 1.79. The molecule has 3 N–H and O–H groups in total. The third-order valence-electron chi connectivity index (χ3n) is 2.53. The number of rotatable bonds is 6. The monoisotopic (exact) mass is 241 g/mol. The first-order valence-electron chi connectivity index (χ1n) is 5.39. The van der Waals surface area contributed by atoms with Crippen LogP contribution < -0.4 is 5.32 Å². The van der Waals surface area contributed by atoms with Crippen LogP contribution in [0, 0.1) is 0 Å². The van der Waals surface area contributed by atoms with Crippen LogP contribution in [0.3, 0.4) is 0 Å². The summed E-state index contributed by atoms with van der Waals surface area (Å²) in [5, 5.41) is 22.6. The normalized spacial score (nSPS) is 14.8. The second kappa shape index (κ2) is 6.91. The van der Waals surface area contributed by atoms with E-state index in [1.807, 2.05) is 31.3 Å². The highest BCUT2D eigenvalue weighted by Crippen LogP contribution is 2.20. The Balaban J connectivity index is 2.67. The Kier molecular flexibility index (Phi) is 5.84. The van der Waals surface area contributed by atoms with Crippen LogP contribution >= 0.6 is 12.6 Å². The Morgan fingerprint density at radius 3 is 2.75 bits per heavy atom.